The molecule has 0 aliphatic rings. The van der Waals surface area contributed by atoms with Gasteiger partial charge in [0.25, 0.3) is 5.91 Å². The Kier molecular flexibility index (Phi) is 7.19. The predicted octanol–water partition coefficient (Wildman–Crippen LogP) is 3.29. The molecule has 1 atom stereocenters. The van der Waals surface area contributed by atoms with Crippen LogP contribution < -0.4 is 5.32 Å². The van der Waals surface area contributed by atoms with Gasteiger partial charge in [0, 0.05) is 23.2 Å². The van der Waals surface area contributed by atoms with Gasteiger partial charge in [-0.25, -0.2) is 9.50 Å². The van der Waals surface area contributed by atoms with Gasteiger partial charge in [-0.1, -0.05) is 42.5 Å². The predicted molar refractivity (Wildman–Crippen MR) is 132 cm³/mol. The van der Waals surface area contributed by atoms with Gasteiger partial charge in [0.15, 0.2) is 18.0 Å². The highest BCUT2D eigenvalue weighted by atomic mass is 16.5. The fourth-order valence-corrected chi connectivity index (χ4v) is 4.17. The van der Waals surface area contributed by atoms with Gasteiger partial charge >= 0.3 is 5.97 Å². The Labute approximate surface area is 203 Å². The van der Waals surface area contributed by atoms with E-state index in [1.54, 1.807) is 4.52 Å². The Hall–Kier alpha value is -4.07. The molecule has 0 spiro atoms. The quantitative estimate of drug-likeness (QED) is 0.375. The molecule has 0 bridgehead atoms. The smallest absolute Gasteiger partial charge is 0.306 e. The van der Waals surface area contributed by atoms with Gasteiger partial charge < -0.3 is 10.1 Å². The van der Waals surface area contributed by atoms with E-state index in [1.165, 1.54) is 6.92 Å². The van der Waals surface area contributed by atoms with Gasteiger partial charge in [-0.2, -0.15) is 5.10 Å². The maximum Gasteiger partial charge on any atom is 0.306 e. The van der Waals surface area contributed by atoms with Crippen molar-refractivity contribution in [3.05, 3.63) is 77.1 Å². The van der Waals surface area contributed by atoms with Crippen LogP contribution in [0.25, 0.3) is 16.6 Å². The van der Waals surface area contributed by atoms with Crippen molar-refractivity contribution in [1.29, 1.82) is 0 Å². The molecule has 0 radical (unpaired) electrons. The number of hydrogen-bond donors (Lipinski definition) is 1. The number of carbonyl (C=O) groups excluding carboxylic acids is 3. The zero-order valence-corrected chi connectivity index (χ0v) is 20.1. The molecule has 35 heavy (non-hydrogen) atoms. The molecule has 1 amide bonds. The fourth-order valence-electron chi connectivity index (χ4n) is 4.17. The summed E-state index contributed by atoms with van der Waals surface area (Å²) in [5.74, 6) is -1.16. The molecule has 2 aromatic heterocycles. The number of carbonyl (C=O) groups is 3. The van der Waals surface area contributed by atoms with Gasteiger partial charge in [-0.3, -0.25) is 14.4 Å². The standard InChI is InChI=1S/C27H28N4O4/c1-17-21(18(2)31-27(28-17)22-11-7-8-12-23(22)30-31)13-14-26(34)35-16-25(33)29-24(19(3)32)15-20-9-5-4-6-10-20/h4-12,24H,13-16H2,1-3H3,(H,29,33). The molecule has 0 fully saturated rings. The van der Waals surface area contributed by atoms with Crippen LogP contribution in [0.4, 0.5) is 0 Å². The molecule has 0 saturated carbocycles. The number of fused-ring (bicyclic) bond motifs is 3. The van der Waals surface area contributed by atoms with Gasteiger partial charge in [0.2, 0.25) is 0 Å². The first kappa shape index (κ1) is 24.1. The summed E-state index contributed by atoms with van der Waals surface area (Å²) >= 11 is 0. The lowest BCUT2D eigenvalue weighted by molar-refractivity contribution is -0.148. The summed E-state index contributed by atoms with van der Waals surface area (Å²) in [6, 6.07) is 16.6. The van der Waals surface area contributed by atoms with E-state index in [-0.39, 0.29) is 12.2 Å². The summed E-state index contributed by atoms with van der Waals surface area (Å²) in [6.45, 7) is 4.86. The molecule has 1 unspecified atom stereocenters. The molecular weight excluding hydrogens is 444 g/mol. The second-order valence-corrected chi connectivity index (χ2v) is 8.59. The molecule has 8 nitrogen and oxygen atoms in total. The van der Waals surface area contributed by atoms with Crippen molar-refractivity contribution < 1.29 is 19.1 Å². The van der Waals surface area contributed by atoms with Gasteiger partial charge in [-0.05, 0) is 56.9 Å². The average Bonchev–Trinajstić information content (AvgIpc) is 3.21. The molecule has 1 N–H and O–H groups in total. The lowest BCUT2D eigenvalue weighted by Gasteiger charge is -2.16. The second kappa shape index (κ2) is 10.5. The van der Waals surface area contributed by atoms with Crippen LogP contribution >= 0.6 is 0 Å². The van der Waals surface area contributed by atoms with E-state index in [4.69, 9.17) is 9.72 Å². The number of Topliss-reactive ketones (excluding diaryl/α,β-unsaturated/α-hetero) is 1. The van der Waals surface area contributed by atoms with Crippen LogP contribution in [0, 0.1) is 13.8 Å². The summed E-state index contributed by atoms with van der Waals surface area (Å²) in [7, 11) is 0. The summed E-state index contributed by atoms with van der Waals surface area (Å²) in [5, 5.41) is 8.27. The lowest BCUT2D eigenvalue weighted by atomic mass is 10.0. The molecule has 0 aliphatic heterocycles. The van der Waals surface area contributed by atoms with Crippen LogP contribution in [-0.2, 0) is 32.0 Å². The van der Waals surface area contributed by atoms with Crippen LogP contribution in [0.5, 0.6) is 0 Å². The minimum Gasteiger partial charge on any atom is -0.456 e. The third-order valence-corrected chi connectivity index (χ3v) is 6.07. The number of ketones is 1. The van der Waals surface area contributed by atoms with Crippen LogP contribution in [-0.4, -0.2) is 44.9 Å². The van der Waals surface area contributed by atoms with Gasteiger partial charge in [-0.15, -0.1) is 0 Å². The summed E-state index contributed by atoms with van der Waals surface area (Å²) in [5.41, 5.74) is 5.25. The SMILES string of the molecule is CC(=O)C(Cc1ccccc1)NC(=O)COC(=O)CCc1c(C)nc2c3ccccc3nn2c1C. The Morgan fingerprint density at radius 2 is 1.74 bits per heavy atom. The van der Waals surface area contributed by atoms with E-state index in [0.29, 0.717) is 12.8 Å². The Bertz CT molecular complexity index is 1390. The molecule has 2 aromatic carbocycles. The van der Waals surface area contributed by atoms with Crippen molar-refractivity contribution in [3.63, 3.8) is 0 Å². The number of nitrogens with zero attached hydrogens (tertiary/aromatic N) is 3. The third-order valence-electron chi connectivity index (χ3n) is 6.07. The van der Waals surface area contributed by atoms with Crippen LogP contribution in [0.15, 0.2) is 54.6 Å². The number of nitrogens with one attached hydrogen (secondary N) is 1. The highest BCUT2D eigenvalue weighted by molar-refractivity contribution is 5.92. The summed E-state index contributed by atoms with van der Waals surface area (Å²) < 4.78 is 6.97. The largest absolute Gasteiger partial charge is 0.456 e. The number of aromatic nitrogens is 3. The maximum absolute atomic E-state index is 12.3. The second-order valence-electron chi connectivity index (χ2n) is 8.59. The monoisotopic (exact) mass is 472 g/mol. The Morgan fingerprint density at radius 3 is 2.49 bits per heavy atom. The number of ether oxygens (including phenoxy) is 1. The van der Waals surface area contributed by atoms with Crippen molar-refractivity contribution in [2.75, 3.05) is 6.61 Å². The van der Waals surface area contributed by atoms with E-state index in [2.05, 4.69) is 10.4 Å². The number of rotatable bonds is 9. The molecule has 4 aromatic rings. The van der Waals surface area contributed by atoms with Gasteiger partial charge in [0.1, 0.15) is 0 Å². The van der Waals surface area contributed by atoms with E-state index in [9.17, 15) is 14.4 Å². The van der Waals surface area contributed by atoms with Crippen molar-refractivity contribution >= 4 is 34.2 Å². The Morgan fingerprint density at radius 1 is 1.03 bits per heavy atom. The number of benzene rings is 2. The van der Waals surface area contributed by atoms with E-state index < -0.39 is 24.5 Å². The molecule has 4 rings (SSSR count). The minimum absolute atomic E-state index is 0.100. The molecule has 0 aliphatic carbocycles. The zero-order chi connectivity index (χ0) is 24.9. The van der Waals surface area contributed by atoms with Crippen molar-refractivity contribution in [1.82, 2.24) is 19.9 Å². The topological polar surface area (TPSA) is 103 Å². The highest BCUT2D eigenvalue weighted by Gasteiger charge is 2.19. The average molecular weight is 473 g/mol. The third kappa shape index (κ3) is 5.54. The number of aryl methyl sites for hydroxylation is 2. The van der Waals surface area contributed by atoms with E-state index in [1.807, 2.05) is 68.4 Å². The molecule has 180 valence electrons. The number of amides is 1. The van der Waals surface area contributed by atoms with Crippen LogP contribution in [0.2, 0.25) is 0 Å². The first-order valence-corrected chi connectivity index (χ1v) is 11.6. The summed E-state index contributed by atoms with van der Waals surface area (Å²) in [4.78, 5) is 41.3. The molecule has 2 heterocycles. The maximum atomic E-state index is 12.3. The normalized spacial score (nSPS) is 12.0. The summed E-state index contributed by atoms with van der Waals surface area (Å²) in [6.07, 6.45) is 0.900. The van der Waals surface area contributed by atoms with Gasteiger partial charge in [0.05, 0.1) is 11.6 Å². The Balaban J connectivity index is 1.34. The fraction of sp³-hybridized carbons (Fsp3) is 0.296. The number of hydrogen-bond acceptors (Lipinski definition) is 6. The molecule has 8 heteroatoms. The minimum atomic E-state index is -0.670. The van der Waals surface area contributed by atoms with Crippen LogP contribution in [0.1, 0.15) is 35.9 Å². The van der Waals surface area contributed by atoms with E-state index >= 15 is 0 Å². The lowest BCUT2D eigenvalue weighted by Crippen LogP contribution is -2.43. The van der Waals surface area contributed by atoms with Crippen LogP contribution in [0.3, 0.4) is 0 Å². The first-order valence-electron chi connectivity index (χ1n) is 11.6. The van der Waals surface area contributed by atoms with Crippen molar-refractivity contribution in [3.8, 4) is 0 Å². The van der Waals surface area contributed by atoms with E-state index in [0.717, 1.165) is 39.1 Å². The highest BCUT2D eigenvalue weighted by Crippen LogP contribution is 2.23. The number of esters is 1. The van der Waals surface area contributed by atoms with Crippen molar-refractivity contribution in [2.24, 2.45) is 0 Å². The van der Waals surface area contributed by atoms with Crippen molar-refractivity contribution in [2.45, 2.75) is 46.1 Å². The zero-order valence-electron chi connectivity index (χ0n) is 20.1. The first-order chi connectivity index (χ1) is 16.8. The molecular formula is C27H28N4O4. The molecule has 0 saturated heterocycles.